The van der Waals surface area contributed by atoms with Crippen LogP contribution in [0.5, 0.6) is 0 Å². The number of carboxylic acid groups (broad SMARTS) is 1. The molecule has 0 bridgehead atoms. The van der Waals surface area contributed by atoms with E-state index in [0.29, 0.717) is 33.6 Å². The number of benzene rings is 3. The number of anilines is 1. The van der Waals surface area contributed by atoms with Crippen molar-refractivity contribution in [2.24, 2.45) is 0 Å². The Balaban J connectivity index is 0.00000552. The van der Waals surface area contributed by atoms with Crippen LogP contribution in [-0.2, 0) is 11.2 Å². The zero-order valence-electron chi connectivity index (χ0n) is 25.8. The molecule has 1 heterocycles. The van der Waals surface area contributed by atoms with E-state index < -0.39 is 42.1 Å². The average molecular weight is 625 g/mol. The van der Waals surface area contributed by atoms with Crippen LogP contribution in [0.3, 0.4) is 0 Å². The fourth-order valence-corrected chi connectivity index (χ4v) is 5.23. The Morgan fingerprint density at radius 3 is 2.04 bits per heavy atom. The number of aliphatic hydroxyl groups excluding tert-OH is 2. The molecular weight excluding hydrogens is 589 g/mol. The van der Waals surface area contributed by atoms with Gasteiger partial charge in [0.2, 0.25) is 0 Å². The van der Waals surface area contributed by atoms with Gasteiger partial charge in [-0.3, -0.25) is 4.79 Å². The van der Waals surface area contributed by atoms with Gasteiger partial charge in [-0.05, 0) is 79.4 Å². The van der Waals surface area contributed by atoms with Gasteiger partial charge in [0, 0.05) is 47.4 Å². The minimum absolute atomic E-state index is 0. The molecule has 45 heavy (non-hydrogen) atoms. The van der Waals surface area contributed by atoms with Crippen molar-refractivity contribution >= 4 is 23.6 Å². The largest absolute Gasteiger partial charge is 1.00 e. The number of rotatable bonds is 12. The topological polar surface area (TPSA) is 115 Å². The number of halogens is 2. The molecule has 0 saturated carbocycles. The number of nitrogens with zero attached hydrogens (tertiary/aromatic N) is 1. The van der Waals surface area contributed by atoms with Gasteiger partial charge >= 0.3 is 29.6 Å². The van der Waals surface area contributed by atoms with Crippen molar-refractivity contribution < 1.29 is 63.2 Å². The normalized spacial score (nSPS) is 12.6. The summed E-state index contributed by atoms with van der Waals surface area (Å²) in [5, 5.41) is 34.6. The van der Waals surface area contributed by atoms with Crippen LogP contribution in [-0.4, -0.2) is 38.9 Å². The van der Waals surface area contributed by atoms with Crippen LogP contribution < -0.4 is 40.0 Å². The van der Waals surface area contributed by atoms with Crippen molar-refractivity contribution in [1.29, 1.82) is 0 Å². The molecule has 230 valence electrons. The van der Waals surface area contributed by atoms with Gasteiger partial charge in [0.05, 0.1) is 12.2 Å². The van der Waals surface area contributed by atoms with E-state index in [4.69, 9.17) is 0 Å². The van der Waals surface area contributed by atoms with E-state index in [1.807, 2.05) is 39.0 Å². The maximum atomic E-state index is 14.2. The molecule has 0 saturated heterocycles. The van der Waals surface area contributed by atoms with Crippen molar-refractivity contribution in [2.75, 3.05) is 5.32 Å². The van der Waals surface area contributed by atoms with Crippen LogP contribution in [0.4, 0.5) is 14.5 Å². The van der Waals surface area contributed by atoms with Gasteiger partial charge in [-0.1, -0.05) is 49.4 Å². The summed E-state index contributed by atoms with van der Waals surface area (Å²) in [6.45, 7) is 5.78. The predicted octanol–water partition coefficient (Wildman–Crippen LogP) is 2.77. The number of hydrogen-bond donors (Lipinski definition) is 3. The van der Waals surface area contributed by atoms with E-state index in [1.54, 1.807) is 41.0 Å². The van der Waals surface area contributed by atoms with Crippen LogP contribution in [0.15, 0.2) is 78.9 Å². The molecule has 4 aromatic rings. The number of hydrogen-bond acceptors (Lipinski definition) is 5. The molecule has 10 heteroatoms. The number of aryl methyl sites for hydroxylation is 1. The third-order valence-electron chi connectivity index (χ3n) is 7.23. The van der Waals surface area contributed by atoms with Gasteiger partial charge < -0.3 is 30.0 Å². The van der Waals surface area contributed by atoms with Crippen molar-refractivity contribution in [1.82, 2.24) is 4.57 Å². The second-order valence-corrected chi connectivity index (χ2v) is 10.9. The second kappa shape index (κ2) is 16.1. The molecule has 3 N–H and O–H groups in total. The average Bonchev–Trinajstić information content (AvgIpc) is 3.32. The predicted molar refractivity (Wildman–Crippen MR) is 165 cm³/mol. The minimum atomic E-state index is -1.44. The van der Waals surface area contributed by atoms with Crippen LogP contribution >= 0.6 is 0 Å². The molecule has 0 aliphatic carbocycles. The molecule has 0 aliphatic heterocycles. The first-order chi connectivity index (χ1) is 21.0. The van der Waals surface area contributed by atoms with Gasteiger partial charge in [0.15, 0.2) is 0 Å². The maximum Gasteiger partial charge on any atom is 1.00 e. The van der Waals surface area contributed by atoms with Gasteiger partial charge in [-0.25, -0.2) is 8.78 Å². The summed E-state index contributed by atoms with van der Waals surface area (Å²) in [6.07, 6.45) is 0.317. The van der Waals surface area contributed by atoms with Crippen LogP contribution in [0, 0.1) is 11.6 Å². The molecule has 0 unspecified atom stereocenters. The van der Waals surface area contributed by atoms with Gasteiger partial charge in [-0.15, -0.1) is 0 Å². The number of aromatic nitrogens is 1. The Morgan fingerprint density at radius 1 is 0.933 bits per heavy atom. The third kappa shape index (κ3) is 8.99. The monoisotopic (exact) mass is 624 g/mol. The van der Waals surface area contributed by atoms with Crippen molar-refractivity contribution in [3.63, 3.8) is 0 Å². The van der Waals surface area contributed by atoms with Crippen LogP contribution in [0.1, 0.15) is 61.4 Å². The maximum absolute atomic E-state index is 14.2. The summed E-state index contributed by atoms with van der Waals surface area (Å²) in [7, 11) is 0. The fraction of sp³-hybridized carbons (Fsp3) is 0.257. The molecule has 3 aromatic carbocycles. The van der Waals surface area contributed by atoms with E-state index in [2.05, 4.69) is 5.32 Å². The summed E-state index contributed by atoms with van der Waals surface area (Å²) in [5.74, 6) is -2.78. The molecule has 0 fully saturated rings. The van der Waals surface area contributed by atoms with Crippen molar-refractivity contribution in [2.45, 2.75) is 58.3 Å². The number of amides is 1. The Hall–Kier alpha value is -3.60. The standard InChI is InChI=1S/C35H36F2N2O5.Na/c1-4-22-6-5-7-27(18-22)38-35(44)34-33(24-10-14-26(37)15-11-24)32(23-8-12-25(36)13-9-23)30(39(34)21(2)3)17-16-28(40)19-29(41)20-31(42)43;/h5-18,21,28-29,40-41H,4,19-20H2,1-3H3,(H,38,44)(H,42,43);/q;+1/p-1/t28-,29-;/m1./s1. The molecule has 7 nitrogen and oxygen atoms in total. The molecule has 1 amide bonds. The molecule has 0 spiro atoms. The fourth-order valence-electron chi connectivity index (χ4n) is 5.23. The Labute approximate surface area is 283 Å². The molecule has 4 rings (SSSR count). The first-order valence-electron chi connectivity index (χ1n) is 14.4. The summed E-state index contributed by atoms with van der Waals surface area (Å²) < 4.78 is 29.9. The van der Waals surface area contributed by atoms with Crippen LogP contribution in [0.2, 0.25) is 0 Å². The molecule has 0 aliphatic rings. The van der Waals surface area contributed by atoms with Crippen LogP contribution in [0.25, 0.3) is 28.3 Å². The van der Waals surface area contributed by atoms with Crippen molar-refractivity contribution in [3.05, 3.63) is 107 Å². The summed E-state index contributed by atoms with van der Waals surface area (Å²) in [4.78, 5) is 25.1. The minimum Gasteiger partial charge on any atom is -0.550 e. The Morgan fingerprint density at radius 2 is 1.51 bits per heavy atom. The van der Waals surface area contributed by atoms with Gasteiger partial charge in [0.25, 0.3) is 5.91 Å². The summed E-state index contributed by atoms with van der Waals surface area (Å²) in [5.41, 5.74) is 4.50. The number of carbonyl (C=O) groups is 2. The van der Waals surface area contributed by atoms with E-state index in [-0.39, 0.29) is 47.7 Å². The summed E-state index contributed by atoms with van der Waals surface area (Å²) >= 11 is 0. The number of carboxylic acids is 1. The number of nitrogens with one attached hydrogen (secondary N) is 1. The zero-order chi connectivity index (χ0) is 32.0. The van der Waals surface area contributed by atoms with E-state index in [1.165, 1.54) is 30.3 Å². The number of carbonyl (C=O) groups excluding carboxylic acids is 2. The Kier molecular flexibility index (Phi) is 12.8. The molecule has 0 radical (unpaired) electrons. The van der Waals surface area contributed by atoms with Gasteiger partial charge in [-0.2, -0.15) is 0 Å². The van der Waals surface area contributed by atoms with Gasteiger partial charge in [0.1, 0.15) is 17.3 Å². The molecular formula is C35H35F2N2NaO5. The zero-order valence-corrected chi connectivity index (χ0v) is 27.8. The SMILES string of the molecule is CCc1cccc(NC(=O)c2c(-c3ccc(F)cc3)c(-c3ccc(F)cc3)c(C=C[C@@H](O)C[C@@H](O)CC(=O)[O-])n2C(C)C)c1.[Na+]. The Bertz CT molecular complexity index is 1650. The molecule has 2 atom stereocenters. The molecule has 1 aromatic heterocycles. The van der Waals surface area contributed by atoms with E-state index in [9.17, 15) is 33.7 Å². The van der Waals surface area contributed by atoms with Crippen molar-refractivity contribution in [3.8, 4) is 22.3 Å². The first-order valence-corrected chi connectivity index (χ1v) is 14.4. The first kappa shape index (κ1) is 35.9. The smallest absolute Gasteiger partial charge is 0.550 e. The third-order valence-corrected chi connectivity index (χ3v) is 7.23. The number of aliphatic carboxylic acids is 1. The second-order valence-electron chi connectivity index (χ2n) is 10.9. The van der Waals surface area contributed by atoms with E-state index >= 15 is 0 Å². The van der Waals surface area contributed by atoms with E-state index in [0.717, 1.165) is 12.0 Å². The number of aliphatic hydroxyl groups is 2. The quantitative estimate of drug-likeness (QED) is 0.210. The summed E-state index contributed by atoms with van der Waals surface area (Å²) in [6, 6.07) is 18.6.